The summed E-state index contributed by atoms with van der Waals surface area (Å²) in [5.41, 5.74) is -0.516. The van der Waals surface area contributed by atoms with Crippen LogP contribution in [0.1, 0.15) is 36.0 Å². The molecule has 3 fully saturated rings. The van der Waals surface area contributed by atoms with Gasteiger partial charge in [0.2, 0.25) is 0 Å². The fourth-order valence-electron chi connectivity index (χ4n) is 5.30. The van der Waals surface area contributed by atoms with Gasteiger partial charge >= 0.3 is 0 Å². The Morgan fingerprint density at radius 1 is 1.06 bits per heavy atom. The molecule has 1 spiro atoms. The number of amides is 1. The van der Waals surface area contributed by atoms with Gasteiger partial charge in [0.05, 0.1) is 27.4 Å². The van der Waals surface area contributed by atoms with E-state index in [1.165, 1.54) is 18.2 Å². The molecule has 1 amide bonds. The first-order chi connectivity index (χ1) is 15.1. The Bertz CT molecular complexity index is 1190. The Morgan fingerprint density at radius 3 is 2.22 bits per heavy atom. The highest BCUT2D eigenvalue weighted by atomic mass is 35.5. The van der Waals surface area contributed by atoms with E-state index in [0.29, 0.717) is 31.6 Å². The number of carbonyl (C=O) groups is 1. The number of ether oxygens (including phenoxy) is 1. The molecule has 32 heavy (non-hydrogen) atoms. The molecule has 2 aromatic carbocycles. The molecule has 2 saturated carbocycles. The topological polar surface area (TPSA) is 75.8 Å². The van der Waals surface area contributed by atoms with Gasteiger partial charge in [0, 0.05) is 23.4 Å². The Morgan fingerprint density at radius 2 is 1.66 bits per heavy atom. The zero-order valence-corrected chi connectivity index (χ0v) is 18.3. The van der Waals surface area contributed by atoms with Crippen LogP contribution in [0, 0.1) is 29.3 Å². The van der Waals surface area contributed by atoms with E-state index < -0.39 is 38.4 Å². The van der Waals surface area contributed by atoms with E-state index in [-0.39, 0.29) is 38.6 Å². The fourth-order valence-corrected chi connectivity index (χ4v) is 8.14. The van der Waals surface area contributed by atoms with Crippen molar-refractivity contribution in [2.24, 2.45) is 11.8 Å². The van der Waals surface area contributed by atoms with Gasteiger partial charge in [-0.05, 0) is 55.7 Å². The third-order valence-electron chi connectivity index (χ3n) is 6.76. The van der Waals surface area contributed by atoms with E-state index >= 15 is 0 Å². The van der Waals surface area contributed by atoms with Crippen LogP contribution in [0.3, 0.4) is 0 Å². The Labute approximate surface area is 187 Å². The third-order valence-corrected chi connectivity index (χ3v) is 9.64. The molecular weight excluding hydrogens is 467 g/mol. The van der Waals surface area contributed by atoms with Crippen LogP contribution in [0.4, 0.5) is 18.9 Å². The molecule has 2 unspecified atom stereocenters. The normalized spacial score (nSPS) is 28.7. The van der Waals surface area contributed by atoms with Gasteiger partial charge in [-0.2, -0.15) is 0 Å². The quantitative estimate of drug-likeness (QED) is 0.501. The summed E-state index contributed by atoms with van der Waals surface area (Å²) in [4.78, 5) is 12.5. The Kier molecular flexibility index (Phi) is 5.07. The molecule has 2 aliphatic carbocycles. The van der Waals surface area contributed by atoms with Crippen LogP contribution in [0.15, 0.2) is 35.2 Å². The van der Waals surface area contributed by atoms with Crippen molar-refractivity contribution >= 4 is 33.0 Å². The average molecular weight is 486 g/mol. The number of nitrogens with one attached hydrogen (secondary N) is 1. The summed E-state index contributed by atoms with van der Waals surface area (Å²) in [5.74, 6) is -5.42. The van der Waals surface area contributed by atoms with Crippen LogP contribution in [-0.4, -0.2) is 31.8 Å². The van der Waals surface area contributed by atoms with Crippen molar-refractivity contribution in [2.45, 2.75) is 41.4 Å². The largest absolute Gasteiger partial charge is 0.370 e. The molecule has 2 atom stereocenters. The molecule has 2 bridgehead atoms. The van der Waals surface area contributed by atoms with Gasteiger partial charge in [0.1, 0.15) is 0 Å². The maximum Gasteiger partial charge on any atom is 0.255 e. The number of hydrogen-bond acceptors (Lipinski definition) is 4. The van der Waals surface area contributed by atoms with E-state index in [2.05, 4.69) is 5.32 Å². The molecule has 1 saturated heterocycles. The predicted octanol–water partition coefficient (Wildman–Crippen LogP) is 4.74. The van der Waals surface area contributed by atoms with Crippen molar-refractivity contribution in [3.05, 3.63) is 58.4 Å². The lowest BCUT2D eigenvalue weighted by atomic mass is 9.81. The van der Waals surface area contributed by atoms with Gasteiger partial charge in [-0.3, -0.25) is 4.79 Å². The highest BCUT2D eigenvalue weighted by Gasteiger charge is 2.60. The molecule has 1 N–H and O–H groups in total. The minimum absolute atomic E-state index is 0.00257. The lowest BCUT2D eigenvalue weighted by Crippen LogP contribution is -2.40. The number of epoxide rings is 1. The minimum Gasteiger partial charge on any atom is -0.370 e. The first kappa shape index (κ1) is 21.7. The molecule has 170 valence electrons. The maximum atomic E-state index is 13.6. The number of hydrogen-bond donors (Lipinski definition) is 1. The Balaban J connectivity index is 1.43. The molecule has 0 radical (unpaired) electrons. The second kappa shape index (κ2) is 7.46. The summed E-state index contributed by atoms with van der Waals surface area (Å²) in [5, 5.41) is 1.67. The highest BCUT2D eigenvalue weighted by molar-refractivity contribution is 7.92. The van der Waals surface area contributed by atoms with Gasteiger partial charge in [-0.15, -0.1) is 0 Å². The summed E-state index contributed by atoms with van der Waals surface area (Å²) >= 11 is 6.23. The zero-order valence-electron chi connectivity index (χ0n) is 16.7. The van der Waals surface area contributed by atoms with Gasteiger partial charge in [-0.25, -0.2) is 21.6 Å². The van der Waals surface area contributed by atoms with Crippen LogP contribution in [-0.2, 0) is 14.6 Å². The predicted molar refractivity (Wildman–Crippen MR) is 111 cm³/mol. The summed E-state index contributed by atoms with van der Waals surface area (Å²) in [6.45, 7) is 0.674. The van der Waals surface area contributed by atoms with E-state index in [0.717, 1.165) is 12.8 Å². The van der Waals surface area contributed by atoms with Crippen molar-refractivity contribution in [1.29, 1.82) is 0 Å². The number of carbonyl (C=O) groups excluding carboxylic acids is 1. The molecule has 1 heterocycles. The van der Waals surface area contributed by atoms with E-state index in [1.54, 1.807) is 0 Å². The molecule has 2 aromatic rings. The second-order valence-corrected chi connectivity index (χ2v) is 11.3. The number of rotatable bonds is 4. The molecule has 5 rings (SSSR count). The monoisotopic (exact) mass is 485 g/mol. The van der Waals surface area contributed by atoms with Crippen LogP contribution >= 0.6 is 11.6 Å². The average Bonchev–Trinajstić information content (AvgIpc) is 3.40. The summed E-state index contributed by atoms with van der Waals surface area (Å²) in [6, 6.07) is 5.08. The van der Waals surface area contributed by atoms with Crippen LogP contribution in [0.2, 0.25) is 5.02 Å². The number of halogens is 4. The lowest BCUT2D eigenvalue weighted by molar-refractivity contribution is 0.102. The molecule has 10 heteroatoms. The van der Waals surface area contributed by atoms with Crippen LogP contribution < -0.4 is 5.32 Å². The highest BCUT2D eigenvalue weighted by Crippen LogP contribution is 2.56. The van der Waals surface area contributed by atoms with Gasteiger partial charge in [0.25, 0.3) is 5.91 Å². The van der Waals surface area contributed by atoms with Gasteiger partial charge in [-0.1, -0.05) is 11.6 Å². The second-order valence-electron chi connectivity index (χ2n) is 8.84. The summed E-state index contributed by atoms with van der Waals surface area (Å²) in [7, 11) is -3.84. The first-order valence-electron chi connectivity index (χ1n) is 10.2. The first-order valence-corrected chi connectivity index (χ1v) is 12.2. The standard InChI is InChI=1S/C22H19ClF3NO4S/c23-15-4-3-11(21(28)27-14-6-16(24)19(26)17(25)7-14)5-18(15)32(29,30)20-12-1-2-13(20)9-22(8-12)10-31-22/h3-7,12-13,20H,1-2,8-10H2,(H,27,28)/t12?,13?,20-,22-. The van der Waals surface area contributed by atoms with Crippen molar-refractivity contribution in [3.8, 4) is 0 Å². The van der Waals surface area contributed by atoms with Crippen molar-refractivity contribution < 1.29 is 31.1 Å². The van der Waals surface area contributed by atoms with E-state index in [9.17, 15) is 26.4 Å². The molecule has 3 aliphatic rings. The molecule has 0 aromatic heterocycles. The smallest absolute Gasteiger partial charge is 0.255 e. The van der Waals surface area contributed by atoms with Crippen molar-refractivity contribution in [3.63, 3.8) is 0 Å². The third kappa shape index (κ3) is 3.60. The van der Waals surface area contributed by atoms with Crippen LogP contribution in [0.25, 0.3) is 0 Å². The minimum atomic E-state index is -3.84. The number of sulfone groups is 1. The number of anilines is 1. The van der Waals surface area contributed by atoms with Gasteiger partial charge < -0.3 is 10.1 Å². The number of benzene rings is 2. The van der Waals surface area contributed by atoms with E-state index in [4.69, 9.17) is 16.3 Å². The summed E-state index contributed by atoms with van der Waals surface area (Å²) in [6.07, 6.45) is 3.01. The SMILES string of the molecule is O=C(Nc1cc(F)c(F)c(F)c1)c1ccc(Cl)c(S(=O)(=O)[C@H]2C3CCC2C[C@]2(CO2)C3)c1. The number of fused-ring (bicyclic) bond motifs is 2. The van der Waals surface area contributed by atoms with Gasteiger partial charge in [0.15, 0.2) is 27.3 Å². The molecule has 1 aliphatic heterocycles. The van der Waals surface area contributed by atoms with Crippen molar-refractivity contribution in [1.82, 2.24) is 0 Å². The molecule has 5 nitrogen and oxygen atoms in total. The van der Waals surface area contributed by atoms with Crippen LogP contribution in [0.5, 0.6) is 0 Å². The maximum absolute atomic E-state index is 13.6. The summed E-state index contributed by atoms with van der Waals surface area (Å²) < 4.78 is 72.7. The zero-order chi connectivity index (χ0) is 22.8. The van der Waals surface area contributed by atoms with E-state index in [1.807, 2.05) is 0 Å². The fraction of sp³-hybridized carbons (Fsp3) is 0.409. The molecular formula is C22H19ClF3NO4S. The Hall–Kier alpha value is -2.10. The lowest BCUT2D eigenvalue weighted by Gasteiger charge is -2.33. The van der Waals surface area contributed by atoms with Crippen molar-refractivity contribution in [2.75, 3.05) is 11.9 Å².